The minimum Gasteiger partial charge on any atom is -0.436 e. The molecule has 0 aliphatic heterocycles. The number of anilines is 1. The summed E-state index contributed by atoms with van der Waals surface area (Å²) >= 11 is 0. The average molecular weight is 279 g/mol. The molecule has 2 rings (SSSR count). The third kappa shape index (κ3) is 3.03. The third-order valence-corrected chi connectivity index (χ3v) is 2.77. The monoisotopic (exact) mass is 279 g/mol. The van der Waals surface area contributed by atoms with E-state index in [0.29, 0.717) is 17.7 Å². The van der Waals surface area contributed by atoms with Gasteiger partial charge < -0.3 is 10.2 Å². The van der Waals surface area contributed by atoms with Crippen molar-refractivity contribution in [2.75, 3.05) is 5.43 Å². The Labute approximate surface area is 115 Å². The van der Waals surface area contributed by atoms with Crippen LogP contribution in [0.5, 0.6) is 11.6 Å². The van der Waals surface area contributed by atoms with Crippen LogP contribution >= 0.6 is 0 Å². The highest BCUT2D eigenvalue weighted by Crippen LogP contribution is 2.27. The predicted molar refractivity (Wildman–Crippen MR) is 72.6 cm³/mol. The van der Waals surface area contributed by atoms with Gasteiger partial charge in [0.1, 0.15) is 5.75 Å². The number of benzene rings is 1. The van der Waals surface area contributed by atoms with E-state index in [4.69, 9.17) is 10.6 Å². The second-order valence-electron chi connectivity index (χ2n) is 4.58. The highest BCUT2D eigenvalue weighted by Gasteiger charge is 2.13. The predicted octanol–water partition coefficient (Wildman–Crippen LogP) is 3.56. The smallest absolute Gasteiger partial charge is 0.258 e. The molecule has 0 aliphatic rings. The quantitative estimate of drug-likeness (QED) is 0.663. The fourth-order valence-electron chi connectivity index (χ4n) is 1.67. The van der Waals surface area contributed by atoms with Crippen LogP contribution in [0.3, 0.4) is 0 Å². The molecule has 0 unspecified atom stereocenters. The third-order valence-electron chi connectivity index (χ3n) is 2.77. The van der Waals surface area contributed by atoms with Gasteiger partial charge in [0.15, 0.2) is 17.5 Å². The number of hydrazine groups is 1. The van der Waals surface area contributed by atoms with Crippen LogP contribution in [0.4, 0.5) is 14.6 Å². The SMILES string of the molecule is CC(C)c1cccc(Oc2nc(NN)c(F)cc2F)c1. The maximum atomic E-state index is 13.6. The van der Waals surface area contributed by atoms with E-state index in [1.807, 2.05) is 25.3 Å². The molecule has 106 valence electrons. The van der Waals surface area contributed by atoms with Gasteiger partial charge in [-0.15, -0.1) is 0 Å². The van der Waals surface area contributed by atoms with Crippen LogP contribution in [-0.2, 0) is 0 Å². The van der Waals surface area contributed by atoms with Crippen LogP contribution < -0.4 is 16.0 Å². The lowest BCUT2D eigenvalue weighted by Gasteiger charge is -2.10. The summed E-state index contributed by atoms with van der Waals surface area (Å²) in [6.45, 7) is 4.07. The molecule has 0 spiro atoms. The molecule has 0 saturated carbocycles. The van der Waals surface area contributed by atoms with Crippen molar-refractivity contribution in [1.82, 2.24) is 4.98 Å². The number of aromatic nitrogens is 1. The Kier molecular flexibility index (Phi) is 4.14. The number of nitrogen functional groups attached to an aromatic ring is 1. The molecule has 0 bridgehead atoms. The van der Waals surface area contributed by atoms with Crippen LogP contribution in [0.25, 0.3) is 0 Å². The Hall–Kier alpha value is -2.21. The number of hydrogen-bond acceptors (Lipinski definition) is 4. The summed E-state index contributed by atoms with van der Waals surface area (Å²) in [7, 11) is 0. The molecular formula is C14H15F2N3O. The zero-order valence-electron chi connectivity index (χ0n) is 11.2. The van der Waals surface area contributed by atoms with E-state index in [9.17, 15) is 8.78 Å². The summed E-state index contributed by atoms with van der Waals surface area (Å²) < 4.78 is 32.2. The Morgan fingerprint density at radius 3 is 2.60 bits per heavy atom. The maximum absolute atomic E-state index is 13.6. The number of halogens is 2. The lowest BCUT2D eigenvalue weighted by molar-refractivity contribution is 0.417. The summed E-state index contributed by atoms with van der Waals surface area (Å²) in [5, 5.41) is 0. The first-order chi connectivity index (χ1) is 9.51. The average Bonchev–Trinajstić information content (AvgIpc) is 2.42. The van der Waals surface area contributed by atoms with Crippen LogP contribution in [0.1, 0.15) is 25.3 Å². The van der Waals surface area contributed by atoms with Crippen molar-refractivity contribution in [1.29, 1.82) is 0 Å². The molecule has 0 fully saturated rings. The van der Waals surface area contributed by atoms with Gasteiger partial charge >= 0.3 is 0 Å². The number of nitrogens with one attached hydrogen (secondary N) is 1. The van der Waals surface area contributed by atoms with Crippen molar-refractivity contribution < 1.29 is 13.5 Å². The topological polar surface area (TPSA) is 60.2 Å². The number of ether oxygens (including phenoxy) is 1. The highest BCUT2D eigenvalue weighted by molar-refractivity contribution is 5.40. The van der Waals surface area contributed by atoms with E-state index in [-0.39, 0.29) is 11.7 Å². The van der Waals surface area contributed by atoms with Gasteiger partial charge in [0.25, 0.3) is 5.88 Å². The molecule has 1 aromatic carbocycles. The summed E-state index contributed by atoms with van der Waals surface area (Å²) in [5.74, 6) is 3.45. The fourth-order valence-corrected chi connectivity index (χ4v) is 1.67. The van der Waals surface area contributed by atoms with E-state index < -0.39 is 11.6 Å². The highest BCUT2D eigenvalue weighted by atomic mass is 19.1. The molecule has 4 nitrogen and oxygen atoms in total. The zero-order chi connectivity index (χ0) is 14.7. The van der Waals surface area contributed by atoms with Crippen LogP contribution in [-0.4, -0.2) is 4.98 Å². The molecule has 2 aromatic rings. The lowest BCUT2D eigenvalue weighted by atomic mass is 10.0. The van der Waals surface area contributed by atoms with E-state index in [1.165, 1.54) is 0 Å². The largest absolute Gasteiger partial charge is 0.436 e. The molecule has 0 amide bonds. The van der Waals surface area contributed by atoms with Gasteiger partial charge in [-0.25, -0.2) is 14.6 Å². The van der Waals surface area contributed by atoms with Gasteiger partial charge in [-0.1, -0.05) is 26.0 Å². The van der Waals surface area contributed by atoms with E-state index in [2.05, 4.69) is 4.98 Å². The fraction of sp³-hybridized carbons (Fsp3) is 0.214. The molecule has 0 saturated heterocycles. The van der Waals surface area contributed by atoms with Crippen molar-refractivity contribution in [3.63, 3.8) is 0 Å². The Morgan fingerprint density at radius 1 is 1.20 bits per heavy atom. The molecule has 3 N–H and O–H groups in total. The Balaban J connectivity index is 2.32. The van der Waals surface area contributed by atoms with Gasteiger partial charge in [-0.3, -0.25) is 0 Å². The molecule has 1 heterocycles. The number of nitrogens with zero attached hydrogens (tertiary/aromatic N) is 1. The van der Waals surface area contributed by atoms with E-state index >= 15 is 0 Å². The van der Waals surface area contributed by atoms with Crippen LogP contribution in [0.2, 0.25) is 0 Å². The van der Waals surface area contributed by atoms with Crippen LogP contribution in [0, 0.1) is 11.6 Å². The molecule has 0 radical (unpaired) electrons. The van der Waals surface area contributed by atoms with Crippen LogP contribution in [0.15, 0.2) is 30.3 Å². The minimum atomic E-state index is -0.892. The van der Waals surface area contributed by atoms with Crippen molar-refractivity contribution in [3.8, 4) is 11.6 Å². The Morgan fingerprint density at radius 2 is 1.95 bits per heavy atom. The standard InChI is InChI=1S/C14H15F2N3O/c1-8(2)9-4-3-5-10(6-9)20-14-12(16)7-11(15)13(18-14)19-17/h3-8H,17H2,1-2H3,(H,18,19). The van der Waals surface area contributed by atoms with Gasteiger partial charge in [0, 0.05) is 6.07 Å². The summed E-state index contributed by atoms with van der Waals surface area (Å²) in [5.41, 5.74) is 3.09. The normalized spacial score (nSPS) is 10.7. The number of hydrogen-bond donors (Lipinski definition) is 2. The second kappa shape index (κ2) is 5.83. The first-order valence-corrected chi connectivity index (χ1v) is 6.11. The molecule has 6 heteroatoms. The lowest BCUT2D eigenvalue weighted by Crippen LogP contribution is -2.11. The van der Waals surface area contributed by atoms with Gasteiger partial charge in [0.2, 0.25) is 0 Å². The molecule has 1 aromatic heterocycles. The molecule has 0 atom stereocenters. The van der Waals surface area contributed by atoms with Crippen molar-refractivity contribution in [2.24, 2.45) is 5.84 Å². The van der Waals surface area contributed by atoms with Gasteiger partial charge in [0.05, 0.1) is 0 Å². The van der Waals surface area contributed by atoms with E-state index in [0.717, 1.165) is 5.56 Å². The molecule has 20 heavy (non-hydrogen) atoms. The molecule has 0 aliphatic carbocycles. The van der Waals surface area contributed by atoms with Gasteiger partial charge in [-0.05, 0) is 23.6 Å². The number of pyridine rings is 1. The summed E-state index contributed by atoms with van der Waals surface area (Å²) in [4.78, 5) is 3.65. The van der Waals surface area contributed by atoms with Crippen molar-refractivity contribution in [3.05, 3.63) is 47.5 Å². The summed E-state index contributed by atoms with van der Waals surface area (Å²) in [6.07, 6.45) is 0. The number of nitrogens with two attached hydrogens (primary N) is 1. The first kappa shape index (κ1) is 14.2. The van der Waals surface area contributed by atoms with Crippen molar-refractivity contribution in [2.45, 2.75) is 19.8 Å². The van der Waals surface area contributed by atoms with E-state index in [1.54, 1.807) is 18.2 Å². The van der Waals surface area contributed by atoms with Crippen molar-refractivity contribution >= 4 is 5.82 Å². The molecular weight excluding hydrogens is 264 g/mol. The number of rotatable bonds is 4. The first-order valence-electron chi connectivity index (χ1n) is 6.11. The zero-order valence-corrected chi connectivity index (χ0v) is 11.2. The second-order valence-corrected chi connectivity index (χ2v) is 4.58. The Bertz CT molecular complexity index is 617. The maximum Gasteiger partial charge on any atom is 0.258 e. The summed E-state index contributed by atoms with van der Waals surface area (Å²) in [6, 6.07) is 7.87. The van der Waals surface area contributed by atoms with Gasteiger partial charge in [-0.2, -0.15) is 4.98 Å². The minimum absolute atomic E-state index is 0.276.